The highest BCUT2D eigenvalue weighted by atomic mass is 32.2. The number of ether oxygens (including phenoxy) is 2. The number of methoxy groups -OCH3 is 1. The minimum Gasteiger partial charge on any atom is -0.469 e. The molecule has 0 aliphatic carbocycles. The number of hydrogen-bond acceptors (Lipinski definition) is 5. The summed E-state index contributed by atoms with van der Waals surface area (Å²) in [6.07, 6.45) is 0.784. The normalized spacial score (nSPS) is 23.0. The van der Waals surface area contributed by atoms with Crippen molar-refractivity contribution in [1.82, 2.24) is 0 Å². The number of carbonyl (C=O) groups is 1. The van der Waals surface area contributed by atoms with Crippen LogP contribution in [0.5, 0.6) is 0 Å². The average molecular weight is 250 g/mol. The van der Waals surface area contributed by atoms with Gasteiger partial charge in [-0.25, -0.2) is 8.42 Å². The van der Waals surface area contributed by atoms with Crippen LogP contribution < -0.4 is 0 Å². The van der Waals surface area contributed by atoms with Gasteiger partial charge < -0.3 is 9.47 Å². The van der Waals surface area contributed by atoms with Gasteiger partial charge in [-0.05, 0) is 12.3 Å². The summed E-state index contributed by atoms with van der Waals surface area (Å²) in [5, 5.41) is 0. The third-order valence-corrected chi connectivity index (χ3v) is 4.61. The van der Waals surface area contributed by atoms with E-state index >= 15 is 0 Å². The fraction of sp³-hybridized carbons (Fsp3) is 0.900. The highest BCUT2D eigenvalue weighted by Crippen LogP contribution is 2.16. The first-order valence-corrected chi connectivity index (χ1v) is 7.12. The Kier molecular flexibility index (Phi) is 4.73. The van der Waals surface area contributed by atoms with Gasteiger partial charge in [-0.3, -0.25) is 4.79 Å². The zero-order chi connectivity index (χ0) is 12.2. The van der Waals surface area contributed by atoms with Crippen molar-refractivity contribution in [2.75, 3.05) is 31.8 Å². The summed E-state index contributed by atoms with van der Waals surface area (Å²) >= 11 is 0. The van der Waals surface area contributed by atoms with Crippen LogP contribution in [0, 0.1) is 11.8 Å². The molecule has 1 saturated heterocycles. The lowest BCUT2D eigenvalue weighted by atomic mass is 10.2. The first-order chi connectivity index (χ1) is 7.44. The standard InChI is InChI=1S/C10H18O5S/c1-8(10(11)14-2)6-16(12,13)7-9-3-4-15-5-9/h8-9H,3-7H2,1-2H3. The minimum absolute atomic E-state index is 0.0786. The summed E-state index contributed by atoms with van der Waals surface area (Å²) in [5.74, 6) is -1.04. The van der Waals surface area contributed by atoms with E-state index in [0.29, 0.717) is 13.2 Å². The quantitative estimate of drug-likeness (QED) is 0.654. The van der Waals surface area contributed by atoms with Crippen molar-refractivity contribution in [2.45, 2.75) is 13.3 Å². The molecule has 1 aliphatic heterocycles. The van der Waals surface area contributed by atoms with Gasteiger partial charge >= 0.3 is 5.97 Å². The van der Waals surface area contributed by atoms with Gasteiger partial charge in [-0.1, -0.05) is 6.92 Å². The lowest BCUT2D eigenvalue weighted by Crippen LogP contribution is -2.27. The lowest BCUT2D eigenvalue weighted by Gasteiger charge is -2.12. The van der Waals surface area contributed by atoms with Crippen molar-refractivity contribution in [3.8, 4) is 0 Å². The monoisotopic (exact) mass is 250 g/mol. The van der Waals surface area contributed by atoms with Crippen molar-refractivity contribution in [1.29, 1.82) is 0 Å². The Hall–Kier alpha value is -0.620. The third-order valence-electron chi connectivity index (χ3n) is 2.62. The summed E-state index contributed by atoms with van der Waals surface area (Å²) in [7, 11) is -1.94. The molecule has 0 aromatic rings. The molecule has 1 heterocycles. The SMILES string of the molecule is COC(=O)C(C)CS(=O)(=O)CC1CCOC1. The molecule has 0 amide bonds. The fourth-order valence-corrected chi connectivity index (χ4v) is 3.81. The van der Waals surface area contributed by atoms with Crippen molar-refractivity contribution >= 4 is 15.8 Å². The topological polar surface area (TPSA) is 69.7 Å². The number of sulfone groups is 1. The van der Waals surface area contributed by atoms with Crippen molar-refractivity contribution < 1.29 is 22.7 Å². The van der Waals surface area contributed by atoms with Crippen LogP contribution in [0.25, 0.3) is 0 Å². The zero-order valence-corrected chi connectivity index (χ0v) is 10.5. The van der Waals surface area contributed by atoms with Gasteiger partial charge in [0.25, 0.3) is 0 Å². The molecule has 1 fully saturated rings. The predicted octanol–water partition coefficient (Wildman–Crippen LogP) is 0.247. The number of hydrogen-bond donors (Lipinski definition) is 0. The molecule has 2 unspecified atom stereocenters. The van der Waals surface area contributed by atoms with Gasteiger partial charge in [0.2, 0.25) is 0 Å². The predicted molar refractivity (Wildman–Crippen MR) is 58.8 cm³/mol. The third kappa shape index (κ3) is 4.09. The summed E-state index contributed by atoms with van der Waals surface area (Å²) in [4.78, 5) is 11.1. The molecule has 1 rings (SSSR count). The van der Waals surface area contributed by atoms with Crippen LogP contribution in [-0.4, -0.2) is 46.2 Å². The van der Waals surface area contributed by atoms with Crippen molar-refractivity contribution in [2.24, 2.45) is 11.8 Å². The van der Waals surface area contributed by atoms with Gasteiger partial charge in [0.15, 0.2) is 9.84 Å². The van der Waals surface area contributed by atoms with Gasteiger partial charge in [-0.2, -0.15) is 0 Å². The van der Waals surface area contributed by atoms with Crippen LogP contribution in [0.15, 0.2) is 0 Å². The summed E-state index contributed by atoms with van der Waals surface area (Å²) in [6.45, 7) is 2.70. The summed E-state index contributed by atoms with van der Waals surface area (Å²) in [5.41, 5.74) is 0. The smallest absolute Gasteiger partial charge is 0.309 e. The zero-order valence-electron chi connectivity index (χ0n) is 9.64. The van der Waals surface area contributed by atoms with Gasteiger partial charge in [-0.15, -0.1) is 0 Å². The Labute approximate surface area is 96.0 Å². The Bertz CT molecular complexity index is 329. The van der Waals surface area contributed by atoms with E-state index in [0.717, 1.165) is 6.42 Å². The highest BCUT2D eigenvalue weighted by molar-refractivity contribution is 7.91. The molecule has 2 atom stereocenters. The van der Waals surface area contributed by atoms with Crippen LogP contribution in [0.2, 0.25) is 0 Å². The van der Waals surface area contributed by atoms with Crippen LogP contribution >= 0.6 is 0 Å². The fourth-order valence-electron chi connectivity index (χ4n) is 1.79. The van der Waals surface area contributed by atoms with Gasteiger partial charge in [0.1, 0.15) is 0 Å². The van der Waals surface area contributed by atoms with E-state index < -0.39 is 21.7 Å². The Balaban J connectivity index is 2.47. The van der Waals surface area contributed by atoms with E-state index in [-0.39, 0.29) is 17.4 Å². The molecule has 5 nitrogen and oxygen atoms in total. The maximum Gasteiger partial charge on any atom is 0.309 e. The highest BCUT2D eigenvalue weighted by Gasteiger charge is 2.27. The number of carbonyl (C=O) groups excluding carboxylic acids is 1. The Morgan fingerprint density at radius 3 is 2.75 bits per heavy atom. The lowest BCUT2D eigenvalue weighted by molar-refractivity contribution is -0.144. The van der Waals surface area contributed by atoms with Crippen LogP contribution in [0.4, 0.5) is 0 Å². The second kappa shape index (κ2) is 5.63. The summed E-state index contributed by atoms with van der Waals surface area (Å²) in [6, 6.07) is 0. The molecule has 0 saturated carbocycles. The molecule has 16 heavy (non-hydrogen) atoms. The molecule has 94 valence electrons. The number of rotatable bonds is 5. The first-order valence-electron chi connectivity index (χ1n) is 5.30. The van der Waals surface area contributed by atoms with Crippen molar-refractivity contribution in [3.05, 3.63) is 0 Å². The van der Waals surface area contributed by atoms with E-state index in [9.17, 15) is 13.2 Å². The van der Waals surface area contributed by atoms with E-state index in [2.05, 4.69) is 4.74 Å². The van der Waals surface area contributed by atoms with E-state index in [1.54, 1.807) is 6.92 Å². The van der Waals surface area contributed by atoms with Crippen LogP contribution in [-0.2, 0) is 24.1 Å². The number of esters is 1. The maximum absolute atomic E-state index is 11.8. The summed E-state index contributed by atoms with van der Waals surface area (Å²) < 4.78 is 33.1. The van der Waals surface area contributed by atoms with E-state index in [4.69, 9.17) is 4.74 Å². The average Bonchev–Trinajstić information content (AvgIpc) is 2.67. The molecule has 0 N–H and O–H groups in total. The molecular weight excluding hydrogens is 232 g/mol. The van der Waals surface area contributed by atoms with Crippen LogP contribution in [0.3, 0.4) is 0 Å². The first kappa shape index (κ1) is 13.4. The molecule has 0 aromatic heterocycles. The largest absolute Gasteiger partial charge is 0.469 e. The Morgan fingerprint density at radius 1 is 1.56 bits per heavy atom. The molecule has 0 aromatic carbocycles. The van der Waals surface area contributed by atoms with E-state index in [1.807, 2.05) is 0 Å². The molecule has 0 radical (unpaired) electrons. The second-order valence-corrected chi connectivity index (χ2v) is 6.38. The molecule has 6 heteroatoms. The Morgan fingerprint density at radius 2 is 2.25 bits per heavy atom. The molecule has 0 spiro atoms. The van der Waals surface area contributed by atoms with Crippen molar-refractivity contribution in [3.63, 3.8) is 0 Å². The van der Waals surface area contributed by atoms with Crippen LogP contribution in [0.1, 0.15) is 13.3 Å². The molecule has 0 bridgehead atoms. The van der Waals surface area contributed by atoms with Gasteiger partial charge in [0.05, 0.1) is 31.1 Å². The minimum atomic E-state index is -3.20. The molecular formula is C10H18O5S. The maximum atomic E-state index is 11.8. The van der Waals surface area contributed by atoms with E-state index in [1.165, 1.54) is 7.11 Å². The molecule has 1 aliphatic rings. The second-order valence-electron chi connectivity index (χ2n) is 4.23. The van der Waals surface area contributed by atoms with Gasteiger partial charge in [0, 0.05) is 6.61 Å².